The first-order valence-electron chi connectivity index (χ1n) is 25.5. The van der Waals surface area contributed by atoms with Crippen molar-refractivity contribution in [3.05, 3.63) is 48.6 Å². The molecule has 0 aliphatic rings. The fourth-order valence-electron chi connectivity index (χ4n) is 7.20. The van der Waals surface area contributed by atoms with Gasteiger partial charge in [-0.05, 0) is 64.2 Å². The minimum absolute atomic E-state index is 0.00825. The number of hydrogen-bond acceptors (Lipinski definition) is 6. The van der Waals surface area contributed by atoms with E-state index in [2.05, 4.69) is 55.6 Å². The maximum absolute atomic E-state index is 12.9. The molecular weight excluding hydrogens is 780 g/mol. The summed E-state index contributed by atoms with van der Waals surface area (Å²) in [6, 6.07) is -0.905. The molecule has 0 aliphatic carbocycles. The summed E-state index contributed by atoms with van der Waals surface area (Å²) in [5, 5.41) is 13.8. The Bertz CT molecular complexity index is 1130. The topological polar surface area (TPSA) is 108 Å². The van der Waals surface area contributed by atoms with Gasteiger partial charge in [0.25, 0.3) is 7.82 Å². The zero-order valence-corrected chi connectivity index (χ0v) is 41.5. The molecule has 0 heterocycles. The number of allylic oxidation sites excluding steroid dienone is 7. The maximum Gasteiger partial charge on any atom is 0.268 e. The Kier molecular flexibility index (Phi) is 42.6. The van der Waals surface area contributed by atoms with Gasteiger partial charge in [-0.15, -0.1) is 0 Å². The molecule has 0 radical (unpaired) electrons. The van der Waals surface area contributed by atoms with Gasteiger partial charge in [0.05, 0.1) is 39.9 Å². The largest absolute Gasteiger partial charge is 0.756 e. The van der Waals surface area contributed by atoms with Crippen molar-refractivity contribution in [2.75, 3.05) is 40.9 Å². The van der Waals surface area contributed by atoms with Crippen LogP contribution in [-0.4, -0.2) is 68.5 Å². The second-order valence-corrected chi connectivity index (χ2v) is 19.9. The van der Waals surface area contributed by atoms with Crippen molar-refractivity contribution < 1.29 is 32.9 Å². The molecule has 0 aromatic heterocycles. The lowest BCUT2D eigenvalue weighted by molar-refractivity contribution is -0.870. The van der Waals surface area contributed by atoms with Crippen LogP contribution in [0.2, 0.25) is 0 Å². The maximum atomic E-state index is 12.9. The van der Waals surface area contributed by atoms with E-state index < -0.39 is 26.6 Å². The second-order valence-electron chi connectivity index (χ2n) is 18.5. The third kappa shape index (κ3) is 46.3. The number of hydrogen-bond donors (Lipinski definition) is 2. The third-order valence-electron chi connectivity index (χ3n) is 11.3. The predicted molar refractivity (Wildman–Crippen MR) is 261 cm³/mol. The molecule has 3 unspecified atom stereocenters. The molecule has 0 bridgehead atoms. The first kappa shape index (κ1) is 59.5. The minimum atomic E-state index is -4.60. The number of likely N-dealkylation sites (N-methyl/N-ethyl adjacent to an activating group) is 1. The highest BCUT2D eigenvalue weighted by atomic mass is 31.2. The lowest BCUT2D eigenvalue weighted by atomic mass is 10.1. The van der Waals surface area contributed by atoms with E-state index in [9.17, 15) is 19.4 Å². The Morgan fingerprint density at radius 2 is 0.967 bits per heavy atom. The highest BCUT2D eigenvalue weighted by Gasteiger charge is 2.23. The van der Waals surface area contributed by atoms with Gasteiger partial charge in [0.15, 0.2) is 0 Å². The van der Waals surface area contributed by atoms with Crippen molar-refractivity contribution in [3.63, 3.8) is 0 Å². The molecule has 2 N–H and O–H groups in total. The van der Waals surface area contributed by atoms with E-state index in [0.29, 0.717) is 17.4 Å². The molecule has 0 fully saturated rings. The molecule has 0 aromatic carbocycles. The zero-order valence-electron chi connectivity index (χ0n) is 40.6. The normalized spacial score (nSPS) is 14.5. The van der Waals surface area contributed by atoms with Gasteiger partial charge in [0.2, 0.25) is 5.91 Å². The standard InChI is InChI=1S/C52H99N2O6P/c1-6-8-10-12-14-16-18-20-22-23-24-25-26-27-28-29-30-31-32-34-36-38-40-42-44-46-52(56)53-50(49-60-61(57,58)59-48-47-54(3,4)5)51(55)45-43-41-39-37-35-33-21-19-17-15-13-11-9-7-2/h24-25,27-28,35,37,43,45,50-51,55H,6-23,26,29-34,36,38-42,44,46-49H2,1-5H3,(H-,53,56,57,58)/b25-24-,28-27-,37-35+,45-43+. The summed E-state index contributed by atoms with van der Waals surface area (Å²) in [6.07, 6.45) is 56.0. The molecule has 0 aromatic rings. The first-order valence-corrected chi connectivity index (χ1v) is 27.0. The van der Waals surface area contributed by atoms with Crippen LogP contribution in [0, 0.1) is 0 Å². The molecule has 0 aliphatic heterocycles. The van der Waals surface area contributed by atoms with Crippen LogP contribution in [0.25, 0.3) is 0 Å². The number of rotatable bonds is 46. The van der Waals surface area contributed by atoms with Crippen LogP contribution in [-0.2, 0) is 18.4 Å². The van der Waals surface area contributed by atoms with Gasteiger partial charge >= 0.3 is 0 Å². The van der Waals surface area contributed by atoms with Gasteiger partial charge in [-0.1, -0.05) is 204 Å². The summed E-state index contributed by atoms with van der Waals surface area (Å²) in [7, 11) is 1.24. The number of nitrogens with zero attached hydrogens (tertiary/aromatic N) is 1. The lowest BCUT2D eigenvalue weighted by Gasteiger charge is -2.29. The number of phosphoric ester groups is 1. The quantitative estimate of drug-likeness (QED) is 0.0273. The summed E-state index contributed by atoms with van der Waals surface area (Å²) >= 11 is 0. The average Bonchev–Trinajstić information content (AvgIpc) is 3.21. The van der Waals surface area contributed by atoms with Crippen LogP contribution < -0.4 is 10.2 Å². The van der Waals surface area contributed by atoms with Gasteiger partial charge in [0, 0.05) is 6.42 Å². The van der Waals surface area contributed by atoms with Crippen LogP contribution in [0.3, 0.4) is 0 Å². The van der Waals surface area contributed by atoms with E-state index in [-0.39, 0.29) is 12.5 Å². The van der Waals surface area contributed by atoms with Gasteiger partial charge < -0.3 is 28.8 Å². The van der Waals surface area contributed by atoms with E-state index in [1.165, 1.54) is 161 Å². The van der Waals surface area contributed by atoms with E-state index in [0.717, 1.165) is 44.9 Å². The second kappa shape index (κ2) is 43.7. The van der Waals surface area contributed by atoms with Crippen molar-refractivity contribution in [2.24, 2.45) is 0 Å². The van der Waals surface area contributed by atoms with Crippen LogP contribution in [0.15, 0.2) is 48.6 Å². The van der Waals surface area contributed by atoms with Crippen molar-refractivity contribution in [3.8, 4) is 0 Å². The van der Waals surface area contributed by atoms with Crippen LogP contribution >= 0.6 is 7.82 Å². The molecule has 9 heteroatoms. The number of carbonyl (C=O) groups excluding carboxylic acids is 1. The predicted octanol–water partition coefficient (Wildman–Crippen LogP) is 14.2. The van der Waals surface area contributed by atoms with Gasteiger partial charge in [0.1, 0.15) is 13.2 Å². The van der Waals surface area contributed by atoms with E-state index in [1.807, 2.05) is 27.2 Å². The molecule has 0 rings (SSSR count). The fourth-order valence-corrected chi connectivity index (χ4v) is 7.92. The molecule has 8 nitrogen and oxygen atoms in total. The molecular formula is C52H99N2O6P. The number of amides is 1. The summed E-state index contributed by atoms with van der Waals surface area (Å²) in [5.74, 6) is -0.212. The van der Waals surface area contributed by atoms with E-state index >= 15 is 0 Å². The van der Waals surface area contributed by atoms with E-state index in [1.54, 1.807) is 6.08 Å². The number of aliphatic hydroxyl groups is 1. The summed E-state index contributed by atoms with van der Waals surface area (Å²) < 4.78 is 23.2. The van der Waals surface area contributed by atoms with Crippen molar-refractivity contribution in [1.29, 1.82) is 0 Å². The Hall–Kier alpha value is -1.54. The first-order chi connectivity index (χ1) is 29.5. The van der Waals surface area contributed by atoms with Crippen molar-refractivity contribution in [2.45, 2.75) is 238 Å². The molecule has 1 amide bonds. The number of carbonyl (C=O) groups is 1. The lowest BCUT2D eigenvalue weighted by Crippen LogP contribution is -2.45. The number of aliphatic hydroxyl groups excluding tert-OH is 1. The van der Waals surface area contributed by atoms with Gasteiger partial charge in [-0.3, -0.25) is 9.36 Å². The van der Waals surface area contributed by atoms with Crippen LogP contribution in [0.5, 0.6) is 0 Å². The fraction of sp³-hybridized carbons (Fsp3) is 0.827. The Morgan fingerprint density at radius 1 is 0.574 bits per heavy atom. The summed E-state index contributed by atoms with van der Waals surface area (Å²) in [6.45, 7) is 4.62. The molecule has 0 saturated heterocycles. The van der Waals surface area contributed by atoms with Crippen LogP contribution in [0.4, 0.5) is 0 Å². The molecule has 358 valence electrons. The number of quaternary nitrogens is 1. The zero-order chi connectivity index (χ0) is 45.0. The monoisotopic (exact) mass is 879 g/mol. The molecule has 0 saturated carbocycles. The third-order valence-corrected chi connectivity index (χ3v) is 12.2. The average molecular weight is 879 g/mol. The number of phosphoric acid groups is 1. The van der Waals surface area contributed by atoms with Crippen molar-refractivity contribution >= 4 is 13.7 Å². The molecule has 61 heavy (non-hydrogen) atoms. The SMILES string of the molecule is CCCCCCCCCC/C=C/CC/C=C/C(O)C(COP(=O)([O-])OCC[N+](C)(C)C)NC(=O)CCCCCCCCCCC/C=C\C/C=C\CCCCCCCCCCC. The Labute approximate surface area is 378 Å². The van der Waals surface area contributed by atoms with Gasteiger partial charge in [-0.25, -0.2) is 0 Å². The number of unbranched alkanes of at least 4 members (excludes halogenated alkanes) is 27. The number of nitrogens with one attached hydrogen (secondary N) is 1. The Morgan fingerprint density at radius 3 is 1.43 bits per heavy atom. The minimum Gasteiger partial charge on any atom is -0.756 e. The smallest absolute Gasteiger partial charge is 0.268 e. The molecule has 3 atom stereocenters. The molecule has 0 spiro atoms. The van der Waals surface area contributed by atoms with E-state index in [4.69, 9.17) is 9.05 Å². The van der Waals surface area contributed by atoms with Crippen LogP contribution in [0.1, 0.15) is 226 Å². The van der Waals surface area contributed by atoms with Gasteiger partial charge in [-0.2, -0.15) is 0 Å². The highest BCUT2D eigenvalue weighted by Crippen LogP contribution is 2.38. The Balaban J connectivity index is 4.28. The highest BCUT2D eigenvalue weighted by molar-refractivity contribution is 7.45. The summed E-state index contributed by atoms with van der Waals surface area (Å²) in [4.78, 5) is 25.4. The van der Waals surface area contributed by atoms with Crippen molar-refractivity contribution in [1.82, 2.24) is 5.32 Å². The summed E-state index contributed by atoms with van der Waals surface area (Å²) in [5.41, 5.74) is 0.